The molecule has 0 bridgehead atoms. The number of aromatic nitrogens is 1. The van der Waals surface area contributed by atoms with E-state index in [1.54, 1.807) is 12.1 Å². The normalized spacial score (nSPS) is 9.50. The average molecular weight is 195 g/mol. The lowest BCUT2D eigenvalue weighted by molar-refractivity contribution is 0.298. The molecule has 76 valence electrons. The number of nitroso groups, excluding NO2 is 1. The molecule has 0 radical (unpaired) electrons. The monoisotopic (exact) mass is 195 g/mol. The summed E-state index contributed by atoms with van der Waals surface area (Å²) in [6.45, 7) is 2.77. The fourth-order valence-corrected chi connectivity index (χ4v) is 0.906. The summed E-state index contributed by atoms with van der Waals surface area (Å²) in [5, 5.41) is 2.53. The van der Waals surface area contributed by atoms with E-state index in [4.69, 9.17) is 4.74 Å². The number of ether oxygens (including phenoxy) is 1. The van der Waals surface area contributed by atoms with Crippen molar-refractivity contribution in [3.05, 3.63) is 23.2 Å². The van der Waals surface area contributed by atoms with Gasteiger partial charge in [-0.25, -0.2) is 10.4 Å². The Morgan fingerprint density at radius 3 is 3.00 bits per heavy atom. The highest BCUT2D eigenvalue weighted by Gasteiger charge is 1.95. The Morgan fingerprint density at radius 2 is 2.43 bits per heavy atom. The van der Waals surface area contributed by atoms with Gasteiger partial charge in [0.05, 0.1) is 23.8 Å². The van der Waals surface area contributed by atoms with Gasteiger partial charge in [0.2, 0.25) is 5.88 Å². The molecule has 14 heavy (non-hydrogen) atoms. The quantitative estimate of drug-likeness (QED) is 0.430. The lowest BCUT2D eigenvalue weighted by atomic mass is 10.4. The van der Waals surface area contributed by atoms with E-state index in [9.17, 15) is 4.91 Å². The number of hydrogen-bond acceptors (Lipinski definition) is 4. The lowest BCUT2D eigenvalue weighted by Crippen LogP contribution is -1.98. The van der Waals surface area contributed by atoms with E-state index >= 15 is 0 Å². The van der Waals surface area contributed by atoms with Crippen LogP contribution in [0.3, 0.4) is 0 Å². The Bertz CT molecular complexity index is 274. The first-order chi connectivity index (χ1) is 6.86. The zero-order valence-electron chi connectivity index (χ0n) is 8.06. The van der Waals surface area contributed by atoms with E-state index in [1.165, 1.54) is 6.20 Å². The minimum absolute atomic E-state index is 0.558. The number of rotatable bonds is 6. The van der Waals surface area contributed by atoms with Crippen LogP contribution in [0.2, 0.25) is 0 Å². The molecule has 0 aliphatic rings. The van der Waals surface area contributed by atoms with Crippen LogP contribution in [-0.4, -0.2) is 11.6 Å². The first-order valence-electron chi connectivity index (χ1n) is 4.54. The number of nitrogens with one attached hydrogen (secondary N) is 1. The maximum absolute atomic E-state index is 9.85. The summed E-state index contributed by atoms with van der Waals surface area (Å²) in [6.07, 6.45) is 3.61. The Morgan fingerprint density at radius 1 is 1.57 bits per heavy atom. The lowest BCUT2D eigenvalue weighted by Gasteiger charge is -2.03. The molecule has 0 aromatic carbocycles. The number of nitrogens with zero attached hydrogens (tertiary/aromatic N) is 2. The molecule has 1 N–H and O–H groups in total. The highest BCUT2D eigenvalue weighted by Crippen LogP contribution is 2.11. The predicted octanol–water partition coefficient (Wildman–Crippen LogP) is 2.35. The van der Waals surface area contributed by atoms with Gasteiger partial charge in [0, 0.05) is 6.07 Å². The van der Waals surface area contributed by atoms with Gasteiger partial charge in [0.1, 0.15) is 0 Å². The largest absolute Gasteiger partial charge is 0.478 e. The zero-order chi connectivity index (χ0) is 10.2. The van der Waals surface area contributed by atoms with E-state index in [1.807, 2.05) is 0 Å². The van der Waals surface area contributed by atoms with Crippen molar-refractivity contribution in [3.63, 3.8) is 0 Å². The number of anilines is 1. The van der Waals surface area contributed by atoms with Crippen molar-refractivity contribution in [1.29, 1.82) is 0 Å². The molecule has 0 amide bonds. The van der Waals surface area contributed by atoms with Crippen molar-refractivity contribution in [2.24, 2.45) is 5.29 Å². The van der Waals surface area contributed by atoms with Crippen LogP contribution in [0.25, 0.3) is 0 Å². The van der Waals surface area contributed by atoms with Crippen molar-refractivity contribution in [1.82, 2.24) is 4.98 Å². The molecule has 1 aromatic rings. The second-order valence-electron chi connectivity index (χ2n) is 2.79. The van der Waals surface area contributed by atoms with Gasteiger partial charge in [-0.2, -0.15) is 0 Å². The summed E-state index contributed by atoms with van der Waals surface area (Å²) in [7, 11) is 0. The van der Waals surface area contributed by atoms with Gasteiger partial charge >= 0.3 is 0 Å². The third-order valence-electron chi connectivity index (χ3n) is 1.66. The van der Waals surface area contributed by atoms with Gasteiger partial charge in [0.25, 0.3) is 0 Å². The molecule has 1 aromatic heterocycles. The summed E-state index contributed by atoms with van der Waals surface area (Å²) in [5.74, 6) is 0.565. The average Bonchev–Trinajstić information content (AvgIpc) is 2.21. The van der Waals surface area contributed by atoms with Crippen LogP contribution in [0.4, 0.5) is 5.69 Å². The molecule has 1 heterocycles. The van der Waals surface area contributed by atoms with Gasteiger partial charge in [-0.3, -0.25) is 0 Å². The van der Waals surface area contributed by atoms with E-state index < -0.39 is 0 Å². The minimum Gasteiger partial charge on any atom is -0.478 e. The van der Waals surface area contributed by atoms with Crippen LogP contribution >= 0.6 is 0 Å². The molecular weight excluding hydrogens is 182 g/mol. The van der Waals surface area contributed by atoms with Crippen molar-refractivity contribution in [3.8, 4) is 5.88 Å². The van der Waals surface area contributed by atoms with Gasteiger partial charge in [-0.05, 0) is 12.5 Å². The fraction of sp³-hybridized carbons (Fsp3) is 0.444. The maximum Gasteiger partial charge on any atom is 0.213 e. The van der Waals surface area contributed by atoms with Crippen molar-refractivity contribution >= 4 is 5.69 Å². The van der Waals surface area contributed by atoms with Gasteiger partial charge < -0.3 is 4.74 Å². The molecule has 1 rings (SSSR count). The summed E-state index contributed by atoms with van der Waals surface area (Å²) >= 11 is 0. The Kier molecular flexibility index (Phi) is 4.40. The van der Waals surface area contributed by atoms with Crippen molar-refractivity contribution in [2.45, 2.75) is 19.8 Å². The first-order valence-corrected chi connectivity index (χ1v) is 4.54. The van der Waals surface area contributed by atoms with Crippen molar-refractivity contribution in [2.75, 3.05) is 12.0 Å². The zero-order valence-corrected chi connectivity index (χ0v) is 8.06. The van der Waals surface area contributed by atoms with E-state index in [0.29, 0.717) is 18.2 Å². The SMILES string of the molecule is CCCCOc1ccc(NN=O)cn1. The predicted molar refractivity (Wildman–Crippen MR) is 54.1 cm³/mol. The van der Waals surface area contributed by atoms with Crippen LogP contribution in [0.5, 0.6) is 5.88 Å². The molecule has 5 nitrogen and oxygen atoms in total. The molecule has 0 unspecified atom stereocenters. The topological polar surface area (TPSA) is 63.6 Å². The van der Waals surface area contributed by atoms with Crippen molar-refractivity contribution < 1.29 is 4.74 Å². The van der Waals surface area contributed by atoms with Gasteiger partial charge in [-0.1, -0.05) is 13.3 Å². The third-order valence-corrected chi connectivity index (χ3v) is 1.66. The van der Waals surface area contributed by atoms with Gasteiger partial charge in [0.15, 0.2) is 0 Å². The summed E-state index contributed by atoms with van der Waals surface area (Å²) in [5.41, 5.74) is 2.81. The van der Waals surface area contributed by atoms with E-state index in [0.717, 1.165) is 12.8 Å². The summed E-state index contributed by atoms with van der Waals surface area (Å²) in [4.78, 5) is 13.8. The van der Waals surface area contributed by atoms with Crippen LogP contribution in [0.15, 0.2) is 23.6 Å². The molecule has 0 saturated carbocycles. The number of hydrogen-bond donors (Lipinski definition) is 1. The van der Waals surface area contributed by atoms with Crippen LogP contribution in [0, 0.1) is 4.91 Å². The standard InChI is InChI=1S/C9H13N3O2/c1-2-3-6-14-9-5-4-8(7-10-9)11-12-13/h4-5,7H,2-3,6H2,1H3,(H,11,13). The minimum atomic E-state index is 0.558. The second-order valence-corrected chi connectivity index (χ2v) is 2.79. The van der Waals surface area contributed by atoms with Crippen LogP contribution in [0.1, 0.15) is 19.8 Å². The molecule has 0 spiro atoms. The molecule has 0 aliphatic carbocycles. The summed E-state index contributed by atoms with van der Waals surface area (Å²) < 4.78 is 5.33. The Labute approximate surface area is 82.4 Å². The molecular formula is C9H13N3O2. The molecule has 0 aliphatic heterocycles. The highest BCUT2D eigenvalue weighted by molar-refractivity contribution is 5.40. The number of unbranched alkanes of at least 4 members (excludes halogenated alkanes) is 1. The van der Waals surface area contributed by atoms with E-state index in [2.05, 4.69) is 22.6 Å². The Balaban J connectivity index is 2.42. The fourth-order valence-electron chi connectivity index (χ4n) is 0.906. The molecule has 5 heteroatoms. The van der Waals surface area contributed by atoms with Gasteiger partial charge in [-0.15, -0.1) is 4.91 Å². The van der Waals surface area contributed by atoms with E-state index in [-0.39, 0.29) is 0 Å². The van der Waals surface area contributed by atoms with Crippen LogP contribution < -0.4 is 10.2 Å². The second kappa shape index (κ2) is 5.90. The van der Waals surface area contributed by atoms with Crippen LogP contribution in [-0.2, 0) is 0 Å². The summed E-state index contributed by atoms with van der Waals surface area (Å²) in [6, 6.07) is 3.39. The molecule has 0 atom stereocenters. The third kappa shape index (κ3) is 3.38. The highest BCUT2D eigenvalue weighted by atomic mass is 16.5. The Hall–Kier alpha value is -1.65. The smallest absolute Gasteiger partial charge is 0.213 e. The maximum atomic E-state index is 9.85. The molecule has 0 fully saturated rings. The first kappa shape index (κ1) is 10.4. The number of pyridine rings is 1. The molecule has 0 saturated heterocycles.